The Morgan fingerprint density at radius 2 is 1.89 bits per heavy atom. The van der Waals surface area contributed by atoms with Crippen molar-refractivity contribution in [2.45, 2.75) is 0 Å². The van der Waals surface area contributed by atoms with Crippen molar-refractivity contribution >= 4 is 38.8 Å². The van der Waals surface area contributed by atoms with Crippen molar-refractivity contribution in [2.75, 3.05) is 24.3 Å². The van der Waals surface area contributed by atoms with E-state index in [0.29, 0.717) is 11.2 Å². The Morgan fingerprint density at radius 3 is 2.56 bits per heavy atom. The molecule has 0 bridgehead atoms. The second kappa shape index (κ2) is 6.82. The fourth-order valence-corrected chi connectivity index (χ4v) is 3.31. The van der Waals surface area contributed by atoms with E-state index < -0.39 is 0 Å². The number of nitrogens with zero attached hydrogens (tertiary/aromatic N) is 4. The van der Waals surface area contributed by atoms with Gasteiger partial charge in [0.05, 0.1) is 5.69 Å². The van der Waals surface area contributed by atoms with Crippen LogP contribution in [0.15, 0.2) is 59.2 Å². The highest BCUT2D eigenvalue weighted by molar-refractivity contribution is 9.10. The van der Waals surface area contributed by atoms with Crippen LogP contribution in [0, 0.1) is 11.3 Å². The molecule has 0 saturated carbocycles. The zero-order chi connectivity index (χ0) is 19.0. The zero-order valence-corrected chi connectivity index (χ0v) is 16.4. The van der Waals surface area contributed by atoms with Crippen molar-refractivity contribution in [1.29, 1.82) is 5.26 Å². The predicted molar refractivity (Wildman–Crippen MR) is 111 cm³/mol. The summed E-state index contributed by atoms with van der Waals surface area (Å²) >= 11 is 3.57. The molecule has 0 atom stereocenters. The van der Waals surface area contributed by atoms with Crippen LogP contribution in [0.2, 0.25) is 0 Å². The van der Waals surface area contributed by atoms with Crippen LogP contribution in [0.25, 0.3) is 16.9 Å². The largest absolute Gasteiger partial charge is 0.378 e. The Kier molecular flexibility index (Phi) is 4.34. The van der Waals surface area contributed by atoms with Crippen molar-refractivity contribution < 1.29 is 0 Å². The number of fused-ring (bicyclic) bond motifs is 1. The van der Waals surface area contributed by atoms with E-state index in [4.69, 9.17) is 4.98 Å². The highest BCUT2D eigenvalue weighted by Crippen LogP contribution is 2.34. The predicted octanol–water partition coefficient (Wildman–Crippen LogP) is 4.77. The molecule has 2 aromatic heterocycles. The molecule has 0 spiro atoms. The molecule has 0 aliphatic carbocycles. The monoisotopic (exact) mass is 420 g/mol. The molecule has 2 aromatic carbocycles. The standard InChI is InChI=1S/C20H17BrN6/c1-26(2)15-9-7-13(8-10-15)18-20(24-17-6-4-3-5-16(17)21)27-19(25-18)14(11-22)12-23-27/h3-10,12,23-24H,1-2H3. The highest BCUT2D eigenvalue weighted by Gasteiger charge is 2.19. The molecule has 6 nitrogen and oxygen atoms in total. The SMILES string of the molecule is CN(C)c1ccc(-c2nc3c(C#N)c[nH]n3c2Nc2ccccc2Br)cc1. The van der Waals surface area contributed by atoms with Gasteiger partial charge in [0.2, 0.25) is 0 Å². The summed E-state index contributed by atoms with van der Waals surface area (Å²) in [6.07, 6.45) is 1.66. The summed E-state index contributed by atoms with van der Waals surface area (Å²) in [7, 11) is 4.02. The van der Waals surface area contributed by atoms with Gasteiger partial charge in [-0.3, -0.25) is 5.10 Å². The molecular formula is C20H17BrN6. The summed E-state index contributed by atoms with van der Waals surface area (Å²) in [5, 5.41) is 15.9. The van der Waals surface area contributed by atoms with Crippen LogP contribution >= 0.6 is 15.9 Å². The number of halogens is 1. The lowest BCUT2D eigenvalue weighted by Gasteiger charge is -2.13. The fourth-order valence-electron chi connectivity index (χ4n) is 2.93. The molecule has 7 heteroatoms. The summed E-state index contributed by atoms with van der Waals surface area (Å²) in [5.41, 5.74) is 4.87. The van der Waals surface area contributed by atoms with E-state index in [2.05, 4.69) is 49.4 Å². The van der Waals surface area contributed by atoms with Crippen molar-refractivity contribution in [1.82, 2.24) is 14.6 Å². The van der Waals surface area contributed by atoms with Gasteiger partial charge in [0, 0.05) is 36.0 Å². The molecule has 0 aliphatic heterocycles. The lowest BCUT2D eigenvalue weighted by molar-refractivity contribution is 0.980. The number of hydrogen-bond donors (Lipinski definition) is 2. The minimum absolute atomic E-state index is 0.501. The second-order valence-electron chi connectivity index (χ2n) is 6.31. The quantitative estimate of drug-likeness (QED) is 0.498. The Bertz CT molecular complexity index is 1150. The Labute approximate surface area is 165 Å². The molecule has 0 aliphatic rings. The second-order valence-corrected chi connectivity index (χ2v) is 7.17. The molecule has 134 valence electrons. The maximum absolute atomic E-state index is 9.37. The Balaban J connectivity index is 1.87. The van der Waals surface area contributed by atoms with Gasteiger partial charge in [0.1, 0.15) is 17.3 Å². The Hall–Kier alpha value is -3.24. The van der Waals surface area contributed by atoms with Crippen molar-refractivity contribution in [3.8, 4) is 17.3 Å². The molecule has 2 N–H and O–H groups in total. The molecule has 0 unspecified atom stereocenters. The minimum atomic E-state index is 0.501. The number of H-pyrrole nitrogens is 1. The van der Waals surface area contributed by atoms with Crippen LogP contribution in [-0.2, 0) is 0 Å². The number of aromatic nitrogens is 3. The van der Waals surface area contributed by atoms with Crippen LogP contribution in [-0.4, -0.2) is 28.7 Å². The van der Waals surface area contributed by atoms with E-state index >= 15 is 0 Å². The maximum Gasteiger partial charge on any atom is 0.173 e. The molecule has 0 fully saturated rings. The number of hydrogen-bond acceptors (Lipinski definition) is 4. The Morgan fingerprint density at radius 1 is 1.15 bits per heavy atom. The van der Waals surface area contributed by atoms with E-state index in [9.17, 15) is 5.26 Å². The molecule has 0 amide bonds. The number of para-hydroxylation sites is 1. The van der Waals surface area contributed by atoms with E-state index in [1.165, 1.54) is 0 Å². The molecule has 0 saturated heterocycles. The molecular weight excluding hydrogens is 404 g/mol. The third-order valence-corrected chi connectivity index (χ3v) is 5.05. The average Bonchev–Trinajstić information content (AvgIpc) is 3.23. The summed E-state index contributed by atoms with van der Waals surface area (Å²) in [5.74, 6) is 0.774. The van der Waals surface area contributed by atoms with Gasteiger partial charge in [-0.25, -0.2) is 9.50 Å². The first-order chi connectivity index (χ1) is 13.1. The van der Waals surface area contributed by atoms with Gasteiger partial charge in [-0.15, -0.1) is 0 Å². The van der Waals surface area contributed by atoms with Gasteiger partial charge >= 0.3 is 0 Å². The molecule has 4 aromatic rings. The third kappa shape index (κ3) is 3.04. The van der Waals surface area contributed by atoms with E-state index in [1.54, 1.807) is 10.7 Å². The molecule has 27 heavy (non-hydrogen) atoms. The van der Waals surface area contributed by atoms with Gasteiger partial charge in [-0.05, 0) is 40.2 Å². The first kappa shape index (κ1) is 17.2. The van der Waals surface area contributed by atoms with Crippen molar-refractivity contribution in [2.24, 2.45) is 0 Å². The number of nitriles is 1. The summed E-state index contributed by atoms with van der Waals surface area (Å²) in [4.78, 5) is 6.78. The van der Waals surface area contributed by atoms with E-state index in [-0.39, 0.29) is 0 Å². The number of imidazole rings is 1. The van der Waals surface area contributed by atoms with Gasteiger partial charge in [-0.2, -0.15) is 5.26 Å². The molecule has 0 radical (unpaired) electrons. The smallest absolute Gasteiger partial charge is 0.173 e. The van der Waals surface area contributed by atoms with E-state index in [1.807, 2.05) is 50.5 Å². The first-order valence-corrected chi connectivity index (χ1v) is 9.17. The number of rotatable bonds is 4. The van der Waals surface area contributed by atoms with Crippen LogP contribution in [0.1, 0.15) is 5.56 Å². The van der Waals surface area contributed by atoms with Crippen molar-refractivity contribution in [3.63, 3.8) is 0 Å². The third-order valence-electron chi connectivity index (χ3n) is 4.36. The van der Waals surface area contributed by atoms with Gasteiger partial charge in [0.25, 0.3) is 0 Å². The number of anilines is 3. The van der Waals surface area contributed by atoms with Gasteiger partial charge in [-0.1, -0.05) is 24.3 Å². The number of benzene rings is 2. The fraction of sp³-hybridized carbons (Fsp3) is 0.100. The normalized spacial score (nSPS) is 10.7. The highest BCUT2D eigenvalue weighted by atomic mass is 79.9. The summed E-state index contributed by atoms with van der Waals surface area (Å²) in [6.45, 7) is 0. The number of aromatic amines is 1. The summed E-state index contributed by atoms with van der Waals surface area (Å²) < 4.78 is 2.74. The number of nitrogens with one attached hydrogen (secondary N) is 2. The summed E-state index contributed by atoms with van der Waals surface area (Å²) in [6, 6.07) is 18.2. The van der Waals surface area contributed by atoms with Gasteiger partial charge in [0.15, 0.2) is 11.5 Å². The lowest BCUT2D eigenvalue weighted by atomic mass is 10.1. The topological polar surface area (TPSA) is 72.2 Å². The van der Waals surface area contributed by atoms with Crippen molar-refractivity contribution in [3.05, 3.63) is 64.8 Å². The van der Waals surface area contributed by atoms with Crippen LogP contribution < -0.4 is 10.2 Å². The first-order valence-electron chi connectivity index (χ1n) is 8.37. The van der Waals surface area contributed by atoms with Crippen LogP contribution in [0.4, 0.5) is 17.2 Å². The zero-order valence-electron chi connectivity index (χ0n) is 14.9. The lowest BCUT2D eigenvalue weighted by Crippen LogP contribution is -2.08. The molecule has 4 rings (SSSR count). The van der Waals surface area contributed by atoms with Gasteiger partial charge < -0.3 is 10.2 Å². The van der Waals surface area contributed by atoms with Crippen LogP contribution in [0.5, 0.6) is 0 Å². The molecule has 2 heterocycles. The average molecular weight is 421 g/mol. The minimum Gasteiger partial charge on any atom is -0.378 e. The maximum atomic E-state index is 9.37. The van der Waals surface area contributed by atoms with Crippen LogP contribution in [0.3, 0.4) is 0 Å². The van der Waals surface area contributed by atoms with E-state index in [0.717, 1.165) is 32.9 Å².